The monoisotopic (exact) mass is 462 g/mol. The molecule has 0 radical (unpaired) electrons. The third-order valence-corrected chi connectivity index (χ3v) is 5.17. The Morgan fingerprint density at radius 2 is 1.74 bits per heavy atom. The molecule has 3 rings (SSSR count). The molecule has 0 aliphatic heterocycles. The van der Waals surface area contributed by atoms with Crippen molar-refractivity contribution in [2.24, 2.45) is 21.9 Å². The van der Waals surface area contributed by atoms with Crippen LogP contribution in [0, 0.1) is 13.8 Å². The second-order valence-corrected chi connectivity index (χ2v) is 7.88. The Bertz CT molecular complexity index is 1240. The number of benzene rings is 1. The van der Waals surface area contributed by atoms with Crippen molar-refractivity contribution in [3.05, 3.63) is 59.3 Å². The number of carbonyl (C=O) groups excluding carboxylic acids is 1. The number of hydrazine groups is 1. The molecule has 0 saturated heterocycles. The van der Waals surface area contributed by atoms with E-state index in [4.69, 9.17) is 22.5 Å². The predicted molar refractivity (Wildman–Crippen MR) is 133 cm³/mol. The van der Waals surface area contributed by atoms with Crippen molar-refractivity contribution in [2.75, 3.05) is 26.4 Å². The normalized spacial score (nSPS) is 12.0. The smallest absolute Gasteiger partial charge is 0.222 e. The van der Waals surface area contributed by atoms with Crippen LogP contribution in [0.25, 0.3) is 22.4 Å². The largest absolute Gasteiger partial charge is 0.369 e. The first-order chi connectivity index (χ1) is 16.2. The van der Waals surface area contributed by atoms with Crippen molar-refractivity contribution in [1.29, 1.82) is 0 Å². The van der Waals surface area contributed by atoms with E-state index >= 15 is 0 Å². The maximum Gasteiger partial charge on any atom is 0.222 e. The van der Waals surface area contributed by atoms with Crippen LogP contribution in [0.4, 0.5) is 5.95 Å². The molecule has 3 aromatic rings. The van der Waals surface area contributed by atoms with Gasteiger partial charge in [-0.25, -0.2) is 15.4 Å². The standard InChI is InChI=1S/C23H30N10O/c1-15-12-18(13-16(2)27-15)20-21(17-8-6-5-7-9-17)28-23(24)33(14-34)22(20)30-31(3)11-10-19(29-25)32(4)26/h5-9,12-14H,10-11,25-26H2,1-4H3,(H2,24,28)/b29-19-,30-22-. The minimum Gasteiger partial charge on any atom is -0.369 e. The number of anilines is 1. The highest BCUT2D eigenvalue weighted by molar-refractivity contribution is 5.82. The second-order valence-electron chi connectivity index (χ2n) is 7.88. The highest BCUT2D eigenvalue weighted by Gasteiger charge is 2.19. The van der Waals surface area contributed by atoms with Gasteiger partial charge in [-0.05, 0) is 31.5 Å². The van der Waals surface area contributed by atoms with Crippen LogP contribution in [0.3, 0.4) is 0 Å². The lowest BCUT2D eigenvalue weighted by atomic mass is 9.99. The first-order valence-electron chi connectivity index (χ1n) is 10.6. The van der Waals surface area contributed by atoms with E-state index in [9.17, 15) is 4.79 Å². The zero-order valence-electron chi connectivity index (χ0n) is 19.8. The van der Waals surface area contributed by atoms with Gasteiger partial charge in [-0.3, -0.25) is 14.8 Å². The van der Waals surface area contributed by atoms with E-state index in [1.807, 2.05) is 56.3 Å². The molecule has 2 heterocycles. The van der Waals surface area contributed by atoms with Gasteiger partial charge in [0.15, 0.2) is 5.49 Å². The predicted octanol–water partition coefficient (Wildman–Crippen LogP) is 1.06. The van der Waals surface area contributed by atoms with Crippen molar-refractivity contribution in [2.45, 2.75) is 20.3 Å². The fourth-order valence-electron chi connectivity index (χ4n) is 3.62. The minimum atomic E-state index is 0.0261. The van der Waals surface area contributed by atoms with Crippen molar-refractivity contribution < 1.29 is 4.79 Å². The molecule has 0 aliphatic carbocycles. The van der Waals surface area contributed by atoms with Crippen molar-refractivity contribution in [3.63, 3.8) is 0 Å². The topological polar surface area (TPSA) is 157 Å². The molecule has 0 unspecified atom stereocenters. The van der Waals surface area contributed by atoms with Gasteiger partial charge in [0.2, 0.25) is 12.4 Å². The zero-order chi connectivity index (χ0) is 24.8. The Kier molecular flexibility index (Phi) is 7.59. The van der Waals surface area contributed by atoms with Crippen molar-refractivity contribution in [3.8, 4) is 22.4 Å². The molecule has 0 fully saturated rings. The molecule has 0 spiro atoms. The summed E-state index contributed by atoms with van der Waals surface area (Å²) in [5, 5.41) is 11.5. The van der Waals surface area contributed by atoms with Crippen LogP contribution in [-0.2, 0) is 4.79 Å². The number of hydrazone groups is 1. The quantitative estimate of drug-likeness (QED) is 0.155. The van der Waals surface area contributed by atoms with Crippen molar-refractivity contribution >= 4 is 18.2 Å². The summed E-state index contributed by atoms with van der Waals surface area (Å²) in [5.41, 5.74) is 11.2. The third-order valence-electron chi connectivity index (χ3n) is 5.17. The summed E-state index contributed by atoms with van der Waals surface area (Å²) in [6.45, 7) is 4.27. The van der Waals surface area contributed by atoms with E-state index in [-0.39, 0.29) is 5.95 Å². The molecule has 0 atom stereocenters. The lowest BCUT2D eigenvalue weighted by molar-refractivity contribution is 0.342. The van der Waals surface area contributed by atoms with Gasteiger partial charge in [0, 0.05) is 44.0 Å². The van der Waals surface area contributed by atoms with E-state index in [1.165, 1.54) is 9.58 Å². The maximum atomic E-state index is 12.1. The Balaban J connectivity index is 2.29. The number of aromatic nitrogens is 3. The number of nitrogens with zero attached hydrogens (tertiary/aromatic N) is 7. The summed E-state index contributed by atoms with van der Waals surface area (Å²) in [4.78, 5) is 21.2. The molecule has 6 N–H and O–H groups in total. The van der Waals surface area contributed by atoms with E-state index in [2.05, 4.69) is 15.1 Å². The van der Waals surface area contributed by atoms with E-state index in [0.717, 1.165) is 22.5 Å². The fraction of sp³-hybridized carbons (Fsp3) is 0.261. The fourth-order valence-corrected chi connectivity index (χ4v) is 3.62. The van der Waals surface area contributed by atoms with Gasteiger partial charge in [0.1, 0.15) is 5.84 Å². The van der Waals surface area contributed by atoms with Crippen LogP contribution in [0.15, 0.2) is 52.7 Å². The number of rotatable bonds is 7. The Hall–Kier alpha value is -4.25. The van der Waals surface area contributed by atoms with Gasteiger partial charge in [0.25, 0.3) is 0 Å². The first kappa shape index (κ1) is 24.4. The molecule has 0 bridgehead atoms. The number of nitrogens with two attached hydrogens (primary N) is 3. The van der Waals surface area contributed by atoms with Crippen LogP contribution in [0.1, 0.15) is 17.8 Å². The molecule has 0 amide bonds. The van der Waals surface area contributed by atoms with Crippen molar-refractivity contribution in [1.82, 2.24) is 24.6 Å². The summed E-state index contributed by atoms with van der Waals surface area (Å²) >= 11 is 0. The number of aryl methyl sites for hydroxylation is 2. The van der Waals surface area contributed by atoms with Gasteiger partial charge in [-0.15, -0.1) is 0 Å². The van der Waals surface area contributed by atoms with Gasteiger partial charge < -0.3 is 16.6 Å². The van der Waals surface area contributed by atoms with Gasteiger partial charge in [0.05, 0.1) is 11.3 Å². The highest BCUT2D eigenvalue weighted by atomic mass is 16.1. The molecular weight excluding hydrogens is 432 g/mol. The van der Waals surface area contributed by atoms with Gasteiger partial charge in [-0.2, -0.15) is 10.2 Å². The molecule has 0 saturated carbocycles. The van der Waals surface area contributed by atoms with Crippen LogP contribution < -0.4 is 22.9 Å². The SMILES string of the molecule is Cc1cc(-c2c(-c3ccccc3)nc(N)n(C=O)/c2=N\N(C)CC/C(=N/N)N(C)N)cc(C)n1. The molecule has 11 nitrogen and oxygen atoms in total. The number of carbonyl (C=O) groups is 1. The van der Waals surface area contributed by atoms with E-state index in [0.29, 0.717) is 42.0 Å². The second kappa shape index (κ2) is 10.6. The number of hydrogen-bond donors (Lipinski definition) is 3. The number of hydrogen-bond acceptors (Lipinski definition) is 9. The Morgan fingerprint density at radius 3 is 2.29 bits per heavy atom. The van der Waals surface area contributed by atoms with Crippen LogP contribution in [0.5, 0.6) is 0 Å². The number of nitrogen functional groups attached to an aromatic ring is 1. The molecule has 34 heavy (non-hydrogen) atoms. The number of amidine groups is 1. The highest BCUT2D eigenvalue weighted by Crippen LogP contribution is 2.29. The first-order valence-corrected chi connectivity index (χ1v) is 10.6. The summed E-state index contributed by atoms with van der Waals surface area (Å²) in [6, 6.07) is 13.5. The summed E-state index contributed by atoms with van der Waals surface area (Å²) in [7, 11) is 3.44. The van der Waals surface area contributed by atoms with E-state index < -0.39 is 0 Å². The molecule has 11 heteroatoms. The van der Waals surface area contributed by atoms with Gasteiger partial charge >= 0.3 is 0 Å². The Morgan fingerprint density at radius 1 is 1.09 bits per heavy atom. The molecule has 0 aliphatic rings. The lowest BCUT2D eigenvalue weighted by Gasteiger charge is -2.19. The molecule has 178 valence electrons. The van der Waals surface area contributed by atoms with Crippen LogP contribution in [-0.4, -0.2) is 57.4 Å². The Labute approximate surface area is 198 Å². The summed E-state index contributed by atoms with van der Waals surface area (Å²) < 4.78 is 1.23. The van der Waals surface area contributed by atoms with E-state index in [1.54, 1.807) is 19.1 Å². The third kappa shape index (κ3) is 5.38. The minimum absolute atomic E-state index is 0.0261. The molecule has 1 aromatic carbocycles. The number of pyridine rings is 1. The maximum absolute atomic E-state index is 12.1. The zero-order valence-corrected chi connectivity index (χ0v) is 19.8. The summed E-state index contributed by atoms with van der Waals surface area (Å²) in [6.07, 6.45) is 1.05. The molecule has 2 aromatic heterocycles. The summed E-state index contributed by atoms with van der Waals surface area (Å²) in [5.74, 6) is 11.7. The lowest BCUT2D eigenvalue weighted by Crippen LogP contribution is -2.36. The van der Waals surface area contributed by atoms with Crippen LogP contribution in [0.2, 0.25) is 0 Å². The van der Waals surface area contributed by atoms with Gasteiger partial charge in [-0.1, -0.05) is 30.3 Å². The average molecular weight is 463 g/mol. The average Bonchev–Trinajstić information content (AvgIpc) is 2.79. The van der Waals surface area contributed by atoms with Crippen LogP contribution >= 0.6 is 0 Å². The molecular formula is C23H30N10O.